The number of fused-ring (bicyclic) bond motifs is 3. The molecule has 2 heterocycles. The molecule has 2 aromatic heterocycles. The van der Waals surface area contributed by atoms with Gasteiger partial charge in [0.05, 0.1) is 18.6 Å². The van der Waals surface area contributed by atoms with Gasteiger partial charge in [-0.3, -0.25) is 14.2 Å². The van der Waals surface area contributed by atoms with Crippen LogP contribution in [0.3, 0.4) is 0 Å². The maximum Gasteiger partial charge on any atom is 0.283 e. The summed E-state index contributed by atoms with van der Waals surface area (Å²) in [7, 11) is 1.58. The Kier molecular flexibility index (Phi) is 6.05. The topological polar surface area (TPSA) is 89.0 Å². The van der Waals surface area contributed by atoms with E-state index in [-0.39, 0.29) is 17.2 Å². The van der Waals surface area contributed by atoms with Crippen LogP contribution in [0.1, 0.15) is 11.1 Å². The molecule has 0 aliphatic heterocycles. The number of hydrogen-bond acceptors (Lipinski definition) is 5. The minimum atomic E-state index is -0.239. The molecule has 5 rings (SSSR count). The van der Waals surface area contributed by atoms with Crippen molar-refractivity contribution in [1.82, 2.24) is 14.5 Å². The second kappa shape index (κ2) is 9.31. The van der Waals surface area contributed by atoms with Crippen LogP contribution in [0.2, 0.25) is 0 Å². The molecule has 3 aromatic carbocycles. The highest BCUT2D eigenvalue weighted by molar-refractivity contribution is 7.99. The van der Waals surface area contributed by atoms with E-state index in [0.717, 1.165) is 27.7 Å². The van der Waals surface area contributed by atoms with Gasteiger partial charge in [-0.25, -0.2) is 4.98 Å². The number of carbonyl (C=O) groups is 1. The van der Waals surface area contributed by atoms with E-state index in [1.807, 2.05) is 68.4 Å². The van der Waals surface area contributed by atoms with Crippen molar-refractivity contribution in [2.45, 2.75) is 19.0 Å². The Morgan fingerprint density at radius 2 is 1.83 bits per heavy atom. The summed E-state index contributed by atoms with van der Waals surface area (Å²) in [5, 5.41) is 4.23. The summed E-state index contributed by atoms with van der Waals surface area (Å²) < 4.78 is 6.88. The molecule has 0 radical (unpaired) electrons. The molecule has 0 bridgehead atoms. The normalized spacial score (nSPS) is 11.2. The standard InChI is InChI=1S/C27H24N4O3S/c1-16-11-17(2)13-18(12-16)28-23(32)15-35-27-30-24-21-9-4-5-10-22(21)29-25(24)26(33)31(27)19-7-6-8-20(14-19)34-3/h4-14,29H,15H2,1-3H3,(H,28,32). The third kappa shape index (κ3) is 4.52. The first kappa shape index (κ1) is 22.7. The summed E-state index contributed by atoms with van der Waals surface area (Å²) in [6.07, 6.45) is 0. The van der Waals surface area contributed by atoms with E-state index in [2.05, 4.69) is 16.4 Å². The van der Waals surface area contributed by atoms with E-state index in [1.165, 1.54) is 16.3 Å². The number of benzene rings is 3. The number of nitrogens with zero attached hydrogens (tertiary/aromatic N) is 2. The molecule has 2 N–H and O–H groups in total. The van der Waals surface area contributed by atoms with Gasteiger partial charge in [0.2, 0.25) is 5.91 Å². The van der Waals surface area contributed by atoms with Gasteiger partial charge < -0.3 is 15.0 Å². The first-order chi connectivity index (χ1) is 16.9. The van der Waals surface area contributed by atoms with Crippen LogP contribution in [0.5, 0.6) is 5.75 Å². The van der Waals surface area contributed by atoms with Crippen molar-refractivity contribution < 1.29 is 9.53 Å². The van der Waals surface area contributed by atoms with Crippen molar-refractivity contribution in [2.24, 2.45) is 0 Å². The number of ether oxygens (including phenoxy) is 1. The van der Waals surface area contributed by atoms with Gasteiger partial charge in [-0.2, -0.15) is 0 Å². The van der Waals surface area contributed by atoms with E-state index in [4.69, 9.17) is 9.72 Å². The third-order valence-corrected chi connectivity index (χ3v) is 6.58. The number of aromatic nitrogens is 3. The van der Waals surface area contributed by atoms with Gasteiger partial charge in [0, 0.05) is 22.7 Å². The number of para-hydroxylation sites is 1. The Labute approximate surface area is 206 Å². The molecule has 0 unspecified atom stereocenters. The van der Waals surface area contributed by atoms with Crippen molar-refractivity contribution >= 4 is 45.3 Å². The molecule has 0 spiro atoms. The number of carbonyl (C=O) groups excluding carboxylic acids is 1. The number of amides is 1. The molecule has 0 aliphatic rings. The van der Waals surface area contributed by atoms with E-state index < -0.39 is 0 Å². The molecule has 0 aliphatic carbocycles. The second-order valence-corrected chi connectivity index (χ2v) is 9.29. The largest absolute Gasteiger partial charge is 0.497 e. The van der Waals surface area contributed by atoms with Gasteiger partial charge in [0.1, 0.15) is 16.8 Å². The summed E-state index contributed by atoms with van der Waals surface area (Å²) in [6, 6.07) is 20.8. The minimum absolute atomic E-state index is 0.0945. The average Bonchev–Trinajstić information content (AvgIpc) is 3.21. The number of anilines is 1. The van der Waals surface area contributed by atoms with Crippen molar-refractivity contribution in [3.63, 3.8) is 0 Å². The van der Waals surface area contributed by atoms with Gasteiger partial charge in [-0.15, -0.1) is 0 Å². The lowest BCUT2D eigenvalue weighted by Crippen LogP contribution is -2.23. The van der Waals surface area contributed by atoms with Crippen LogP contribution in [0.25, 0.3) is 27.6 Å². The first-order valence-corrected chi connectivity index (χ1v) is 12.1. The maximum absolute atomic E-state index is 13.7. The van der Waals surface area contributed by atoms with Crippen molar-refractivity contribution in [2.75, 3.05) is 18.2 Å². The fraction of sp³-hybridized carbons (Fsp3) is 0.148. The number of H-pyrrole nitrogens is 1. The Morgan fingerprint density at radius 1 is 1.06 bits per heavy atom. The summed E-state index contributed by atoms with van der Waals surface area (Å²) in [4.78, 5) is 34.5. The third-order valence-electron chi connectivity index (χ3n) is 5.64. The molecule has 5 aromatic rings. The number of nitrogens with one attached hydrogen (secondary N) is 2. The predicted octanol–water partition coefficient (Wildman–Crippen LogP) is 5.22. The summed E-state index contributed by atoms with van der Waals surface area (Å²) >= 11 is 1.22. The SMILES string of the molecule is COc1cccc(-n2c(SCC(=O)Nc3cc(C)cc(C)c3)nc3c([nH]c4ccccc43)c2=O)c1. The molecular weight excluding hydrogens is 460 g/mol. The number of hydrogen-bond donors (Lipinski definition) is 2. The van der Waals surface area contributed by atoms with Gasteiger partial charge in [-0.05, 0) is 55.3 Å². The fourth-order valence-electron chi connectivity index (χ4n) is 4.19. The van der Waals surface area contributed by atoms with E-state index in [9.17, 15) is 9.59 Å². The van der Waals surface area contributed by atoms with Gasteiger partial charge in [-0.1, -0.05) is 42.1 Å². The van der Waals surface area contributed by atoms with Gasteiger partial charge in [0.25, 0.3) is 5.56 Å². The maximum atomic E-state index is 13.7. The lowest BCUT2D eigenvalue weighted by atomic mass is 10.1. The Balaban J connectivity index is 1.56. The summed E-state index contributed by atoms with van der Waals surface area (Å²) in [5.74, 6) is 0.539. The molecule has 8 heteroatoms. The highest BCUT2D eigenvalue weighted by atomic mass is 32.2. The van der Waals surface area contributed by atoms with Crippen LogP contribution in [0.15, 0.2) is 76.7 Å². The molecule has 0 saturated heterocycles. The number of aryl methyl sites for hydroxylation is 2. The number of rotatable bonds is 6. The Morgan fingerprint density at radius 3 is 2.60 bits per heavy atom. The van der Waals surface area contributed by atoms with Gasteiger partial charge in [0.15, 0.2) is 5.16 Å². The zero-order valence-electron chi connectivity index (χ0n) is 19.6. The quantitative estimate of drug-likeness (QED) is 0.255. The van der Waals surface area contributed by atoms with E-state index in [1.54, 1.807) is 13.2 Å². The Hall–Kier alpha value is -4.04. The summed E-state index contributed by atoms with van der Waals surface area (Å²) in [6.45, 7) is 3.98. The molecule has 0 fully saturated rings. The zero-order chi connectivity index (χ0) is 24.5. The van der Waals surface area contributed by atoms with Crippen LogP contribution in [-0.2, 0) is 4.79 Å². The molecule has 176 valence electrons. The van der Waals surface area contributed by atoms with Crippen LogP contribution in [0, 0.1) is 13.8 Å². The lowest BCUT2D eigenvalue weighted by Gasteiger charge is -2.13. The number of aromatic amines is 1. The van der Waals surface area contributed by atoms with Crippen LogP contribution in [0.4, 0.5) is 5.69 Å². The van der Waals surface area contributed by atoms with E-state index >= 15 is 0 Å². The van der Waals surface area contributed by atoms with Crippen molar-refractivity contribution in [1.29, 1.82) is 0 Å². The first-order valence-electron chi connectivity index (χ1n) is 11.1. The monoisotopic (exact) mass is 484 g/mol. The molecular formula is C27H24N4O3S. The zero-order valence-corrected chi connectivity index (χ0v) is 20.4. The van der Waals surface area contributed by atoms with Crippen molar-refractivity contribution in [3.8, 4) is 11.4 Å². The highest BCUT2D eigenvalue weighted by Gasteiger charge is 2.18. The number of methoxy groups -OCH3 is 1. The number of thioether (sulfide) groups is 1. The molecule has 0 saturated carbocycles. The molecule has 7 nitrogen and oxygen atoms in total. The summed E-state index contributed by atoms with van der Waals surface area (Å²) in [5.41, 5.74) is 5.10. The second-order valence-electron chi connectivity index (χ2n) is 8.34. The predicted molar refractivity (Wildman–Crippen MR) is 141 cm³/mol. The van der Waals surface area contributed by atoms with Crippen molar-refractivity contribution in [3.05, 3.63) is 88.2 Å². The minimum Gasteiger partial charge on any atom is -0.497 e. The van der Waals surface area contributed by atoms with Crippen LogP contribution in [-0.4, -0.2) is 33.3 Å². The highest BCUT2D eigenvalue weighted by Crippen LogP contribution is 2.27. The average molecular weight is 485 g/mol. The smallest absolute Gasteiger partial charge is 0.283 e. The van der Waals surface area contributed by atoms with Crippen LogP contribution >= 0.6 is 11.8 Å². The molecule has 0 atom stereocenters. The van der Waals surface area contributed by atoms with E-state index in [0.29, 0.717) is 27.6 Å². The Bertz CT molecular complexity index is 1620. The lowest BCUT2D eigenvalue weighted by molar-refractivity contribution is -0.113. The fourth-order valence-corrected chi connectivity index (χ4v) is 5.00. The molecule has 1 amide bonds. The van der Waals surface area contributed by atoms with Gasteiger partial charge >= 0.3 is 0 Å². The molecule has 35 heavy (non-hydrogen) atoms. The van der Waals surface area contributed by atoms with Crippen LogP contribution < -0.4 is 15.6 Å².